The molecule has 1 aromatic carbocycles. The van der Waals surface area contributed by atoms with E-state index >= 15 is 0 Å². The fraction of sp³-hybridized carbons (Fsp3) is 0.692. The monoisotopic (exact) mass is 443 g/mol. The summed E-state index contributed by atoms with van der Waals surface area (Å²) >= 11 is 0. The van der Waals surface area contributed by atoms with E-state index in [2.05, 4.69) is 48.3 Å². The number of nitrogens with zero attached hydrogens (tertiary/aromatic N) is 2. The zero-order valence-electron chi connectivity index (χ0n) is 20.3. The van der Waals surface area contributed by atoms with Gasteiger partial charge >= 0.3 is 6.09 Å². The van der Waals surface area contributed by atoms with Gasteiger partial charge in [-0.15, -0.1) is 0 Å². The van der Waals surface area contributed by atoms with Gasteiger partial charge in [0, 0.05) is 37.1 Å². The summed E-state index contributed by atoms with van der Waals surface area (Å²) in [7, 11) is 0. The highest BCUT2D eigenvalue weighted by molar-refractivity contribution is 5.68. The van der Waals surface area contributed by atoms with E-state index in [1.807, 2.05) is 26.8 Å². The molecule has 2 aliphatic rings. The molecule has 1 amide bonds. The summed E-state index contributed by atoms with van der Waals surface area (Å²) in [5.74, 6) is 1.06. The van der Waals surface area contributed by atoms with Gasteiger partial charge in [-0.3, -0.25) is 15.1 Å². The molecule has 1 heterocycles. The first-order chi connectivity index (χ1) is 15.1. The molecule has 1 aliphatic carbocycles. The maximum Gasteiger partial charge on any atom is 0.409 e. The van der Waals surface area contributed by atoms with Crippen molar-refractivity contribution in [2.75, 3.05) is 13.1 Å². The smallest absolute Gasteiger partial charge is 0.409 e. The average molecular weight is 444 g/mol. The van der Waals surface area contributed by atoms with Gasteiger partial charge in [-0.2, -0.15) is 0 Å². The summed E-state index contributed by atoms with van der Waals surface area (Å²) in [5.41, 5.74) is 0.729. The van der Waals surface area contributed by atoms with Crippen molar-refractivity contribution in [2.45, 2.75) is 78.2 Å². The molecule has 3 rings (SSSR count). The first kappa shape index (κ1) is 24.7. The summed E-state index contributed by atoms with van der Waals surface area (Å²) in [6, 6.07) is 10.8. The van der Waals surface area contributed by atoms with Crippen LogP contribution in [-0.2, 0) is 11.3 Å². The number of rotatable bonds is 9. The van der Waals surface area contributed by atoms with Crippen LogP contribution in [0.2, 0.25) is 0 Å². The quantitative estimate of drug-likeness (QED) is 0.436. The van der Waals surface area contributed by atoms with Gasteiger partial charge in [0.25, 0.3) is 0 Å². The lowest BCUT2D eigenvalue weighted by Crippen LogP contribution is -2.62. The van der Waals surface area contributed by atoms with Gasteiger partial charge in [-0.05, 0) is 63.4 Å². The van der Waals surface area contributed by atoms with Crippen LogP contribution in [0.1, 0.15) is 59.4 Å². The zero-order valence-corrected chi connectivity index (χ0v) is 20.3. The lowest BCUT2D eigenvalue weighted by Gasteiger charge is -2.44. The Kier molecular flexibility index (Phi) is 7.99. The number of hydrogen-bond donors (Lipinski definition) is 2. The highest BCUT2D eigenvalue weighted by atomic mass is 16.4. The molecule has 1 unspecified atom stereocenters. The number of nitrogens with one attached hydrogen (secondary N) is 1. The standard InChI is InChI=1S/C26H41N3O3/c1-18(2)13-21(17-30)24(29(25(31)32)26(3,4)5)27-23-12-11-20-15-28(16-22(20)23)14-19-9-7-6-8-10-19/h6-10,17-18,20-24,27H,11-16H2,1-5H3,(H,31,32)/t20-,21?,22+,23-,24+/m1/s1. The van der Waals surface area contributed by atoms with Gasteiger partial charge in [0.15, 0.2) is 0 Å². The molecule has 2 fully saturated rings. The van der Waals surface area contributed by atoms with Crippen molar-refractivity contribution in [2.24, 2.45) is 23.7 Å². The highest BCUT2D eigenvalue weighted by Crippen LogP contribution is 2.39. The molecule has 6 heteroatoms. The molecule has 0 aromatic heterocycles. The molecule has 0 radical (unpaired) electrons. The van der Waals surface area contributed by atoms with E-state index in [1.165, 1.54) is 10.5 Å². The Labute approximate surface area is 193 Å². The maximum atomic E-state index is 12.3. The third kappa shape index (κ3) is 5.90. The Morgan fingerprint density at radius 3 is 2.47 bits per heavy atom. The number of likely N-dealkylation sites (tertiary alicyclic amines) is 1. The van der Waals surface area contributed by atoms with Crippen LogP contribution in [-0.4, -0.2) is 58.1 Å². The van der Waals surface area contributed by atoms with E-state index in [1.54, 1.807) is 0 Å². The number of amides is 1. The van der Waals surface area contributed by atoms with Crippen molar-refractivity contribution in [1.29, 1.82) is 0 Å². The molecule has 32 heavy (non-hydrogen) atoms. The molecule has 1 saturated carbocycles. The van der Waals surface area contributed by atoms with Crippen LogP contribution in [0, 0.1) is 23.7 Å². The number of carboxylic acid groups (broad SMARTS) is 1. The number of fused-ring (bicyclic) bond motifs is 1. The van der Waals surface area contributed by atoms with Crippen molar-refractivity contribution < 1.29 is 14.7 Å². The first-order valence-electron chi connectivity index (χ1n) is 12.1. The topological polar surface area (TPSA) is 72.9 Å². The summed E-state index contributed by atoms with van der Waals surface area (Å²) in [6.07, 6.45) is 2.33. The molecular formula is C26H41N3O3. The van der Waals surface area contributed by atoms with Gasteiger partial charge in [0.1, 0.15) is 6.29 Å². The first-order valence-corrected chi connectivity index (χ1v) is 12.1. The SMILES string of the molecule is CC(C)CC(C=O)[C@@H](N[C@@H]1CC[C@@H]2CN(Cc3ccccc3)C[C@@H]21)N(C(=O)O)C(C)(C)C. The van der Waals surface area contributed by atoms with Crippen LogP contribution in [0.15, 0.2) is 30.3 Å². The lowest BCUT2D eigenvalue weighted by molar-refractivity contribution is -0.115. The van der Waals surface area contributed by atoms with Crippen molar-refractivity contribution in [3.8, 4) is 0 Å². The maximum absolute atomic E-state index is 12.3. The van der Waals surface area contributed by atoms with E-state index in [9.17, 15) is 14.7 Å². The predicted octanol–water partition coefficient (Wildman–Crippen LogP) is 4.45. The van der Waals surface area contributed by atoms with E-state index in [4.69, 9.17) is 0 Å². The van der Waals surface area contributed by atoms with Crippen LogP contribution in [0.3, 0.4) is 0 Å². The van der Waals surface area contributed by atoms with E-state index in [0.717, 1.165) is 38.8 Å². The molecule has 1 saturated heterocycles. The Morgan fingerprint density at radius 2 is 1.91 bits per heavy atom. The second-order valence-electron chi connectivity index (χ2n) is 11.2. The number of benzene rings is 1. The van der Waals surface area contributed by atoms with Gasteiger partial charge in [-0.25, -0.2) is 4.79 Å². The Balaban J connectivity index is 1.76. The molecule has 1 aromatic rings. The van der Waals surface area contributed by atoms with Crippen molar-refractivity contribution in [1.82, 2.24) is 15.1 Å². The molecule has 0 bridgehead atoms. The second-order valence-corrected chi connectivity index (χ2v) is 11.2. The number of aldehydes is 1. The van der Waals surface area contributed by atoms with E-state index in [0.29, 0.717) is 24.2 Å². The Bertz CT molecular complexity index is 761. The van der Waals surface area contributed by atoms with Gasteiger partial charge in [-0.1, -0.05) is 44.2 Å². The normalized spacial score (nSPS) is 25.5. The Morgan fingerprint density at radius 1 is 1.22 bits per heavy atom. The van der Waals surface area contributed by atoms with E-state index < -0.39 is 17.8 Å². The lowest BCUT2D eigenvalue weighted by atomic mass is 9.90. The van der Waals surface area contributed by atoms with Crippen LogP contribution in [0.25, 0.3) is 0 Å². The minimum Gasteiger partial charge on any atom is -0.465 e. The van der Waals surface area contributed by atoms with Crippen LogP contribution >= 0.6 is 0 Å². The van der Waals surface area contributed by atoms with Gasteiger partial charge < -0.3 is 9.90 Å². The third-order valence-electron chi connectivity index (χ3n) is 7.10. The van der Waals surface area contributed by atoms with Crippen LogP contribution in [0.5, 0.6) is 0 Å². The summed E-state index contributed by atoms with van der Waals surface area (Å²) in [5, 5.41) is 13.8. The molecule has 178 valence electrons. The number of carbonyl (C=O) groups is 2. The molecule has 2 N–H and O–H groups in total. The molecule has 5 atom stereocenters. The van der Waals surface area contributed by atoms with Gasteiger partial charge in [0.2, 0.25) is 0 Å². The average Bonchev–Trinajstić information content (AvgIpc) is 3.26. The fourth-order valence-electron chi connectivity index (χ4n) is 5.77. The minimum atomic E-state index is -0.975. The summed E-state index contributed by atoms with van der Waals surface area (Å²) < 4.78 is 0. The summed E-state index contributed by atoms with van der Waals surface area (Å²) in [6.45, 7) is 12.9. The predicted molar refractivity (Wildman–Crippen MR) is 127 cm³/mol. The number of hydrogen-bond acceptors (Lipinski definition) is 4. The number of carbonyl (C=O) groups excluding carboxylic acids is 1. The molecule has 6 nitrogen and oxygen atoms in total. The largest absolute Gasteiger partial charge is 0.465 e. The highest BCUT2D eigenvalue weighted by Gasteiger charge is 2.46. The zero-order chi connectivity index (χ0) is 23.5. The molecule has 1 aliphatic heterocycles. The Hall–Kier alpha value is -1.92. The van der Waals surface area contributed by atoms with Crippen molar-refractivity contribution in [3.63, 3.8) is 0 Å². The molecular weight excluding hydrogens is 402 g/mol. The van der Waals surface area contributed by atoms with Crippen LogP contribution < -0.4 is 5.32 Å². The van der Waals surface area contributed by atoms with Crippen LogP contribution in [0.4, 0.5) is 4.79 Å². The van der Waals surface area contributed by atoms with Gasteiger partial charge in [0.05, 0.1) is 6.17 Å². The van der Waals surface area contributed by atoms with E-state index in [-0.39, 0.29) is 12.0 Å². The minimum absolute atomic E-state index is 0.226. The van der Waals surface area contributed by atoms with Crippen molar-refractivity contribution in [3.05, 3.63) is 35.9 Å². The third-order valence-corrected chi connectivity index (χ3v) is 7.10. The molecule has 0 spiro atoms. The fourth-order valence-corrected chi connectivity index (χ4v) is 5.77. The summed E-state index contributed by atoms with van der Waals surface area (Å²) in [4.78, 5) is 28.4. The van der Waals surface area contributed by atoms with Crippen molar-refractivity contribution >= 4 is 12.4 Å². The second kappa shape index (κ2) is 10.3.